The lowest BCUT2D eigenvalue weighted by Crippen LogP contribution is -2.52. The van der Waals surface area contributed by atoms with Gasteiger partial charge in [0.05, 0.1) is 18.3 Å². The standard InChI is InChI=1S/C22H42O7/c1-2-3-4-5-6-7-8-9-12-16(15-23)19(24)21(26)20(25)18(22(27)28)17-13-10-11-14-29-17/h16-21,23-26H,2-15H2,1H3,(H,27,28)/t16-,17?,18?,19+,20-,21+/m1/s1. The van der Waals surface area contributed by atoms with Gasteiger partial charge < -0.3 is 30.3 Å². The van der Waals surface area contributed by atoms with Crippen molar-refractivity contribution < 1.29 is 35.1 Å². The molecule has 172 valence electrons. The van der Waals surface area contributed by atoms with E-state index in [0.717, 1.165) is 32.1 Å². The van der Waals surface area contributed by atoms with E-state index in [9.17, 15) is 30.3 Å². The number of carboxylic acids is 1. The number of aliphatic hydroxyl groups is 4. The summed E-state index contributed by atoms with van der Waals surface area (Å²) in [6, 6.07) is 0. The van der Waals surface area contributed by atoms with Gasteiger partial charge in [-0.1, -0.05) is 58.3 Å². The Morgan fingerprint density at radius 1 is 0.931 bits per heavy atom. The van der Waals surface area contributed by atoms with Crippen molar-refractivity contribution in [2.24, 2.45) is 11.8 Å². The van der Waals surface area contributed by atoms with Crippen LogP contribution in [0.1, 0.15) is 84.0 Å². The van der Waals surface area contributed by atoms with Crippen LogP contribution in [0.5, 0.6) is 0 Å². The van der Waals surface area contributed by atoms with Gasteiger partial charge in [-0.2, -0.15) is 0 Å². The smallest absolute Gasteiger partial charge is 0.311 e. The molecule has 29 heavy (non-hydrogen) atoms. The van der Waals surface area contributed by atoms with Gasteiger partial charge in [-0.05, 0) is 25.7 Å². The van der Waals surface area contributed by atoms with Crippen molar-refractivity contribution >= 4 is 5.97 Å². The van der Waals surface area contributed by atoms with E-state index in [-0.39, 0.29) is 6.61 Å². The minimum absolute atomic E-state index is 0.320. The lowest BCUT2D eigenvalue weighted by molar-refractivity contribution is -0.171. The van der Waals surface area contributed by atoms with Gasteiger partial charge in [0.1, 0.15) is 12.0 Å². The second-order valence-electron chi connectivity index (χ2n) is 8.45. The molecule has 1 aliphatic rings. The van der Waals surface area contributed by atoms with Crippen LogP contribution in [0.2, 0.25) is 0 Å². The number of hydrogen-bond acceptors (Lipinski definition) is 6. The molecule has 0 aliphatic carbocycles. The largest absolute Gasteiger partial charge is 0.481 e. The zero-order valence-electron chi connectivity index (χ0n) is 17.9. The van der Waals surface area contributed by atoms with Gasteiger partial charge in [-0.25, -0.2) is 0 Å². The first-order valence-corrected chi connectivity index (χ1v) is 11.4. The Bertz CT molecular complexity index is 425. The van der Waals surface area contributed by atoms with Crippen molar-refractivity contribution in [3.05, 3.63) is 0 Å². The Morgan fingerprint density at radius 3 is 2.07 bits per heavy atom. The van der Waals surface area contributed by atoms with Crippen LogP contribution in [-0.4, -0.2) is 69.1 Å². The molecule has 0 saturated carbocycles. The van der Waals surface area contributed by atoms with Crippen molar-refractivity contribution in [2.75, 3.05) is 13.2 Å². The number of ether oxygens (including phenoxy) is 1. The molecule has 1 fully saturated rings. The summed E-state index contributed by atoms with van der Waals surface area (Å²) >= 11 is 0. The highest BCUT2D eigenvalue weighted by molar-refractivity contribution is 5.71. The summed E-state index contributed by atoms with van der Waals surface area (Å²) in [6.07, 6.45) is 6.35. The highest BCUT2D eigenvalue weighted by atomic mass is 16.5. The molecule has 0 amide bonds. The van der Waals surface area contributed by atoms with Crippen LogP contribution in [-0.2, 0) is 9.53 Å². The lowest BCUT2D eigenvalue weighted by atomic mass is 9.83. The zero-order chi connectivity index (χ0) is 21.6. The van der Waals surface area contributed by atoms with Gasteiger partial charge in [0.15, 0.2) is 0 Å². The minimum atomic E-state index is -1.65. The third kappa shape index (κ3) is 9.30. The van der Waals surface area contributed by atoms with Gasteiger partial charge in [0, 0.05) is 19.1 Å². The van der Waals surface area contributed by atoms with E-state index in [0.29, 0.717) is 19.4 Å². The Balaban J connectivity index is 2.47. The molecular formula is C22H42O7. The molecule has 1 saturated heterocycles. The first-order chi connectivity index (χ1) is 13.9. The van der Waals surface area contributed by atoms with E-state index in [1.165, 1.54) is 32.1 Å². The molecule has 1 rings (SSSR count). The molecule has 6 atom stereocenters. The van der Waals surface area contributed by atoms with Crippen LogP contribution in [0.3, 0.4) is 0 Å². The Labute approximate surface area is 175 Å². The first kappa shape index (κ1) is 26.3. The van der Waals surface area contributed by atoms with Crippen molar-refractivity contribution in [1.29, 1.82) is 0 Å². The molecule has 0 aromatic heterocycles. The lowest BCUT2D eigenvalue weighted by Gasteiger charge is -2.35. The maximum Gasteiger partial charge on any atom is 0.311 e. The molecule has 5 N–H and O–H groups in total. The summed E-state index contributed by atoms with van der Waals surface area (Å²) in [6.45, 7) is 2.29. The van der Waals surface area contributed by atoms with Crippen LogP contribution < -0.4 is 0 Å². The fourth-order valence-electron chi connectivity index (χ4n) is 4.18. The summed E-state index contributed by atoms with van der Waals surface area (Å²) in [5, 5.41) is 50.5. The normalized spacial score (nSPS) is 22.6. The van der Waals surface area contributed by atoms with Crippen LogP contribution in [0.25, 0.3) is 0 Å². The number of carboxylic acid groups (broad SMARTS) is 1. The average Bonchev–Trinajstić information content (AvgIpc) is 2.72. The highest BCUT2D eigenvalue weighted by Gasteiger charge is 2.43. The molecule has 0 aromatic rings. The van der Waals surface area contributed by atoms with Gasteiger partial charge in [0.25, 0.3) is 0 Å². The molecule has 0 bridgehead atoms. The molecule has 7 nitrogen and oxygen atoms in total. The van der Waals surface area contributed by atoms with Crippen LogP contribution in [0.4, 0.5) is 0 Å². The topological polar surface area (TPSA) is 127 Å². The van der Waals surface area contributed by atoms with Gasteiger partial charge >= 0.3 is 5.97 Å². The molecule has 1 heterocycles. The third-order valence-electron chi connectivity index (χ3n) is 6.11. The summed E-state index contributed by atoms with van der Waals surface area (Å²) in [5.41, 5.74) is 0. The summed E-state index contributed by atoms with van der Waals surface area (Å²) in [4.78, 5) is 11.7. The second kappa shape index (κ2) is 15.1. The van der Waals surface area contributed by atoms with Crippen LogP contribution >= 0.6 is 0 Å². The van der Waals surface area contributed by atoms with Crippen molar-refractivity contribution in [3.8, 4) is 0 Å². The Morgan fingerprint density at radius 2 is 1.55 bits per heavy atom. The van der Waals surface area contributed by atoms with E-state index in [2.05, 4.69) is 6.92 Å². The summed E-state index contributed by atoms with van der Waals surface area (Å²) in [7, 11) is 0. The van der Waals surface area contributed by atoms with Crippen molar-refractivity contribution in [3.63, 3.8) is 0 Å². The van der Waals surface area contributed by atoms with Gasteiger partial charge in [0.2, 0.25) is 0 Å². The number of rotatable bonds is 16. The second-order valence-corrected chi connectivity index (χ2v) is 8.45. The average molecular weight is 419 g/mol. The zero-order valence-corrected chi connectivity index (χ0v) is 17.9. The summed E-state index contributed by atoms with van der Waals surface area (Å²) < 4.78 is 5.48. The molecule has 1 aliphatic heterocycles. The number of carbonyl (C=O) groups is 1. The quantitative estimate of drug-likeness (QED) is 0.244. The SMILES string of the molecule is CCCCCCCCCC[C@H](CO)[C@H](O)[C@H](O)[C@H](O)C(C(=O)O)C1CCCCO1. The fourth-order valence-corrected chi connectivity index (χ4v) is 4.18. The number of unbranched alkanes of at least 4 members (excludes halogenated alkanes) is 7. The van der Waals surface area contributed by atoms with E-state index < -0.39 is 42.2 Å². The molecule has 7 heteroatoms. The first-order valence-electron chi connectivity index (χ1n) is 11.4. The maximum atomic E-state index is 11.7. The number of hydrogen-bond donors (Lipinski definition) is 5. The summed E-state index contributed by atoms with van der Waals surface area (Å²) in [5.74, 6) is -3.15. The van der Waals surface area contributed by atoms with Gasteiger partial charge in [-0.15, -0.1) is 0 Å². The number of aliphatic hydroxyl groups excluding tert-OH is 4. The number of aliphatic carboxylic acids is 1. The van der Waals surface area contributed by atoms with Crippen LogP contribution in [0, 0.1) is 11.8 Å². The molecular weight excluding hydrogens is 376 g/mol. The molecule has 0 radical (unpaired) electrons. The predicted octanol–water partition coefficient (Wildman–Crippen LogP) is 2.48. The van der Waals surface area contributed by atoms with Crippen LogP contribution in [0.15, 0.2) is 0 Å². The maximum absolute atomic E-state index is 11.7. The fraction of sp³-hybridized carbons (Fsp3) is 0.955. The van der Waals surface area contributed by atoms with E-state index in [4.69, 9.17) is 4.74 Å². The minimum Gasteiger partial charge on any atom is -0.481 e. The predicted molar refractivity (Wildman–Crippen MR) is 111 cm³/mol. The monoisotopic (exact) mass is 418 g/mol. The van der Waals surface area contributed by atoms with E-state index in [1.807, 2.05) is 0 Å². The van der Waals surface area contributed by atoms with Crippen molar-refractivity contribution in [2.45, 2.75) is 108 Å². The van der Waals surface area contributed by atoms with Crippen molar-refractivity contribution in [1.82, 2.24) is 0 Å². The molecule has 0 spiro atoms. The Hall–Kier alpha value is -0.730. The molecule has 0 aromatic carbocycles. The van der Waals surface area contributed by atoms with E-state index in [1.54, 1.807) is 0 Å². The van der Waals surface area contributed by atoms with E-state index >= 15 is 0 Å². The highest BCUT2D eigenvalue weighted by Crippen LogP contribution is 2.27. The Kier molecular flexibility index (Phi) is 13.7. The van der Waals surface area contributed by atoms with Gasteiger partial charge in [-0.3, -0.25) is 4.79 Å². The molecule has 2 unspecified atom stereocenters. The third-order valence-corrected chi connectivity index (χ3v) is 6.11.